The number of hydrogen-bond donors (Lipinski definition) is 1. The van der Waals surface area contributed by atoms with Gasteiger partial charge in [-0.1, -0.05) is 20.8 Å². The molecule has 0 aromatic carbocycles. The van der Waals surface area contributed by atoms with Crippen LogP contribution in [-0.4, -0.2) is 24.0 Å². The minimum Gasteiger partial charge on any atom is -0.490 e. The number of aromatic nitrogens is 1. The van der Waals surface area contributed by atoms with Crippen LogP contribution in [0, 0.1) is 5.41 Å². The Kier molecular flexibility index (Phi) is 5.56. The average molecular weight is 257 g/mol. The van der Waals surface area contributed by atoms with Gasteiger partial charge in [-0.3, -0.25) is 0 Å². The topological polar surface area (TPSA) is 34.1 Å². The lowest BCUT2D eigenvalue weighted by Gasteiger charge is -2.22. The van der Waals surface area contributed by atoms with E-state index in [0.29, 0.717) is 12.5 Å². The second kappa shape index (κ2) is 6.70. The van der Waals surface area contributed by atoms with E-state index in [9.17, 15) is 0 Å². The van der Waals surface area contributed by atoms with Crippen LogP contribution in [0.25, 0.3) is 0 Å². The van der Waals surface area contributed by atoms with Gasteiger partial charge in [-0.25, -0.2) is 4.98 Å². The van der Waals surface area contributed by atoms with Crippen molar-refractivity contribution in [1.29, 1.82) is 0 Å². The molecule has 0 aliphatic carbocycles. The molecule has 0 unspecified atom stereocenters. The Hall–Kier alpha value is -0.960. The number of hydrogen-bond acceptors (Lipinski definition) is 3. The van der Waals surface area contributed by atoms with Crippen LogP contribution in [0.4, 0.5) is 5.82 Å². The van der Waals surface area contributed by atoms with E-state index < -0.39 is 0 Å². The Labute approximate surface area is 109 Å². The van der Waals surface area contributed by atoms with Gasteiger partial charge in [-0.15, -0.1) is 11.6 Å². The first kappa shape index (κ1) is 14.1. The van der Waals surface area contributed by atoms with Crippen molar-refractivity contribution in [3.8, 4) is 5.75 Å². The molecule has 0 fully saturated rings. The van der Waals surface area contributed by atoms with Gasteiger partial charge in [0.1, 0.15) is 0 Å². The normalized spacial score (nSPS) is 11.3. The Bertz CT molecular complexity index is 342. The van der Waals surface area contributed by atoms with Gasteiger partial charge in [-0.05, 0) is 24.0 Å². The lowest BCUT2D eigenvalue weighted by Crippen LogP contribution is -2.25. The highest BCUT2D eigenvalue weighted by atomic mass is 35.5. The van der Waals surface area contributed by atoms with Crippen molar-refractivity contribution in [2.75, 3.05) is 24.3 Å². The lowest BCUT2D eigenvalue weighted by molar-refractivity contribution is 0.317. The van der Waals surface area contributed by atoms with Gasteiger partial charge in [-0.2, -0.15) is 0 Å². The molecule has 0 saturated carbocycles. The Morgan fingerprint density at radius 2 is 2.24 bits per heavy atom. The third kappa shape index (κ3) is 4.82. The van der Waals surface area contributed by atoms with Gasteiger partial charge in [0.05, 0.1) is 6.61 Å². The van der Waals surface area contributed by atoms with Crippen LogP contribution in [0.2, 0.25) is 0 Å². The van der Waals surface area contributed by atoms with Crippen molar-refractivity contribution in [2.24, 2.45) is 5.41 Å². The number of ether oxygens (including phenoxy) is 1. The number of anilines is 1. The van der Waals surface area contributed by atoms with Gasteiger partial charge < -0.3 is 10.1 Å². The summed E-state index contributed by atoms with van der Waals surface area (Å²) in [6.07, 6.45) is 2.75. The fraction of sp³-hybridized carbons (Fsp3) is 0.615. The maximum Gasteiger partial charge on any atom is 0.168 e. The maximum atomic E-state index is 5.89. The Morgan fingerprint density at radius 3 is 2.88 bits per heavy atom. The first-order valence-electron chi connectivity index (χ1n) is 5.96. The molecular weight excluding hydrogens is 236 g/mol. The minimum atomic E-state index is 0.0428. The van der Waals surface area contributed by atoms with Crippen LogP contribution in [0.15, 0.2) is 18.3 Å². The molecule has 4 heteroatoms. The smallest absolute Gasteiger partial charge is 0.168 e. The Morgan fingerprint density at radius 1 is 1.47 bits per heavy atom. The summed E-state index contributed by atoms with van der Waals surface area (Å²) in [4.78, 5) is 4.29. The number of nitrogens with one attached hydrogen (secondary N) is 1. The fourth-order valence-electron chi connectivity index (χ4n) is 1.22. The molecule has 1 aromatic rings. The number of nitrogens with zero attached hydrogens (tertiary/aromatic N) is 1. The third-order valence-electron chi connectivity index (χ3n) is 2.33. The molecule has 0 bridgehead atoms. The van der Waals surface area contributed by atoms with Crippen molar-refractivity contribution in [3.63, 3.8) is 0 Å². The van der Waals surface area contributed by atoms with Gasteiger partial charge >= 0.3 is 0 Å². The molecule has 96 valence electrons. The molecule has 3 nitrogen and oxygen atoms in total. The van der Waals surface area contributed by atoms with Gasteiger partial charge in [0.2, 0.25) is 0 Å². The standard InChI is InChI=1S/C13H21ClN2O/c1-4-8-17-11-6-5-7-15-12(11)16-10-13(2,3)9-14/h5-7H,4,8-10H2,1-3H3,(H,15,16). The van der Waals surface area contributed by atoms with Crippen molar-refractivity contribution in [3.05, 3.63) is 18.3 Å². The van der Waals surface area contributed by atoms with E-state index in [2.05, 4.69) is 31.1 Å². The highest BCUT2D eigenvalue weighted by Crippen LogP contribution is 2.24. The van der Waals surface area contributed by atoms with Crippen molar-refractivity contribution >= 4 is 17.4 Å². The molecule has 1 heterocycles. The molecule has 0 aliphatic heterocycles. The van der Waals surface area contributed by atoms with E-state index in [1.165, 1.54) is 0 Å². The second-order valence-corrected chi connectivity index (χ2v) is 5.12. The monoisotopic (exact) mass is 256 g/mol. The van der Waals surface area contributed by atoms with E-state index in [0.717, 1.165) is 24.5 Å². The summed E-state index contributed by atoms with van der Waals surface area (Å²) in [5, 5.41) is 3.29. The van der Waals surface area contributed by atoms with E-state index in [4.69, 9.17) is 16.3 Å². The zero-order valence-electron chi connectivity index (χ0n) is 10.8. The molecule has 0 aliphatic rings. The van der Waals surface area contributed by atoms with Crippen LogP contribution in [0.1, 0.15) is 27.2 Å². The second-order valence-electron chi connectivity index (χ2n) is 4.85. The molecule has 0 amide bonds. The van der Waals surface area contributed by atoms with Crippen molar-refractivity contribution in [2.45, 2.75) is 27.2 Å². The Balaban J connectivity index is 2.63. The van der Waals surface area contributed by atoms with Crippen LogP contribution in [0.3, 0.4) is 0 Å². The highest BCUT2D eigenvalue weighted by molar-refractivity contribution is 6.18. The predicted molar refractivity (Wildman–Crippen MR) is 73.0 cm³/mol. The summed E-state index contributed by atoms with van der Waals surface area (Å²) in [6, 6.07) is 3.81. The summed E-state index contributed by atoms with van der Waals surface area (Å²) in [5.74, 6) is 2.21. The van der Waals surface area contributed by atoms with Gasteiger partial charge in [0.15, 0.2) is 11.6 Å². The summed E-state index contributed by atoms with van der Waals surface area (Å²) in [5.41, 5.74) is 0.0428. The van der Waals surface area contributed by atoms with E-state index in [1.807, 2.05) is 12.1 Å². The van der Waals surface area contributed by atoms with Crippen LogP contribution in [0.5, 0.6) is 5.75 Å². The molecule has 17 heavy (non-hydrogen) atoms. The molecule has 0 radical (unpaired) electrons. The average Bonchev–Trinajstić information content (AvgIpc) is 2.35. The summed E-state index contributed by atoms with van der Waals surface area (Å²) < 4.78 is 5.63. The molecule has 1 N–H and O–H groups in total. The van der Waals surface area contributed by atoms with E-state index in [-0.39, 0.29) is 5.41 Å². The lowest BCUT2D eigenvalue weighted by atomic mass is 9.97. The SMILES string of the molecule is CCCOc1cccnc1NCC(C)(C)CCl. The predicted octanol–water partition coefficient (Wildman–Crippen LogP) is 3.55. The molecule has 0 spiro atoms. The summed E-state index contributed by atoms with van der Waals surface area (Å²) in [7, 11) is 0. The maximum absolute atomic E-state index is 5.89. The molecule has 0 atom stereocenters. The largest absolute Gasteiger partial charge is 0.490 e. The molecule has 1 aromatic heterocycles. The van der Waals surface area contributed by atoms with Gasteiger partial charge in [0, 0.05) is 18.6 Å². The van der Waals surface area contributed by atoms with Crippen molar-refractivity contribution in [1.82, 2.24) is 4.98 Å². The van der Waals surface area contributed by atoms with Crippen LogP contribution < -0.4 is 10.1 Å². The minimum absolute atomic E-state index is 0.0428. The molecule has 0 saturated heterocycles. The summed E-state index contributed by atoms with van der Waals surface area (Å²) in [6.45, 7) is 7.79. The number of halogens is 1. The highest BCUT2D eigenvalue weighted by Gasteiger charge is 2.17. The molecule has 1 rings (SSSR count). The van der Waals surface area contributed by atoms with E-state index in [1.54, 1.807) is 6.20 Å². The zero-order valence-corrected chi connectivity index (χ0v) is 11.5. The fourth-order valence-corrected chi connectivity index (χ4v) is 1.32. The first-order chi connectivity index (χ1) is 8.09. The third-order valence-corrected chi connectivity index (χ3v) is 3.05. The molecular formula is C13H21ClN2O. The number of pyridine rings is 1. The first-order valence-corrected chi connectivity index (χ1v) is 6.50. The quantitative estimate of drug-likeness (QED) is 0.758. The van der Waals surface area contributed by atoms with Crippen LogP contribution >= 0.6 is 11.6 Å². The number of alkyl halides is 1. The number of rotatable bonds is 7. The summed E-state index contributed by atoms with van der Waals surface area (Å²) >= 11 is 5.89. The van der Waals surface area contributed by atoms with Crippen molar-refractivity contribution < 1.29 is 4.74 Å². The van der Waals surface area contributed by atoms with Crippen LogP contribution in [-0.2, 0) is 0 Å². The van der Waals surface area contributed by atoms with E-state index >= 15 is 0 Å². The van der Waals surface area contributed by atoms with Gasteiger partial charge in [0.25, 0.3) is 0 Å². The zero-order chi connectivity index (χ0) is 12.7.